The van der Waals surface area contributed by atoms with Crippen molar-refractivity contribution >= 4 is 11.0 Å². The molecule has 1 aliphatic carbocycles. The molecule has 2 fully saturated rings. The zero-order valence-electron chi connectivity index (χ0n) is 14.2. The van der Waals surface area contributed by atoms with Crippen molar-refractivity contribution in [2.75, 3.05) is 19.6 Å². The molecule has 5 rings (SSSR count). The van der Waals surface area contributed by atoms with E-state index in [1.54, 1.807) is 12.1 Å². The first-order valence-corrected chi connectivity index (χ1v) is 9.15. The Balaban J connectivity index is 1.22. The van der Waals surface area contributed by atoms with E-state index < -0.39 is 0 Å². The Morgan fingerprint density at radius 1 is 1.00 bits per heavy atom. The van der Waals surface area contributed by atoms with Gasteiger partial charge in [-0.25, -0.2) is 9.37 Å². The number of para-hydroxylation sites is 2. The van der Waals surface area contributed by atoms with E-state index >= 15 is 0 Å². The number of hydrogen-bond donors (Lipinski definition) is 0. The van der Waals surface area contributed by atoms with E-state index in [0.29, 0.717) is 5.92 Å². The van der Waals surface area contributed by atoms with E-state index in [0.717, 1.165) is 30.4 Å². The van der Waals surface area contributed by atoms with Gasteiger partial charge in [0.25, 0.3) is 0 Å². The van der Waals surface area contributed by atoms with E-state index in [-0.39, 0.29) is 5.82 Å². The summed E-state index contributed by atoms with van der Waals surface area (Å²) in [5.41, 5.74) is 3.60. The molecule has 2 aliphatic rings. The van der Waals surface area contributed by atoms with Crippen LogP contribution < -0.4 is 0 Å². The van der Waals surface area contributed by atoms with E-state index in [1.165, 1.54) is 30.6 Å². The summed E-state index contributed by atoms with van der Waals surface area (Å²) in [4.78, 5) is 7.07. The summed E-state index contributed by atoms with van der Waals surface area (Å²) in [5, 5.41) is 0. The van der Waals surface area contributed by atoms with E-state index in [1.807, 2.05) is 24.5 Å². The lowest BCUT2D eigenvalue weighted by Gasteiger charge is -2.40. The fourth-order valence-corrected chi connectivity index (χ4v) is 4.71. The van der Waals surface area contributed by atoms with Gasteiger partial charge in [-0.3, -0.25) is 0 Å². The molecule has 3 nitrogen and oxygen atoms in total. The molecule has 0 spiro atoms. The van der Waals surface area contributed by atoms with Gasteiger partial charge in [0.15, 0.2) is 0 Å². The minimum absolute atomic E-state index is 0.139. The Labute approximate surface area is 147 Å². The van der Waals surface area contributed by atoms with Gasteiger partial charge < -0.3 is 9.47 Å². The molecule has 1 saturated carbocycles. The summed E-state index contributed by atoms with van der Waals surface area (Å²) in [6.45, 7) is 4.43. The molecule has 2 heterocycles. The molecule has 3 atom stereocenters. The minimum Gasteiger partial charge on any atom is -0.329 e. The van der Waals surface area contributed by atoms with Crippen LogP contribution in [0.15, 0.2) is 54.9 Å². The van der Waals surface area contributed by atoms with Gasteiger partial charge in [-0.1, -0.05) is 24.3 Å². The van der Waals surface area contributed by atoms with E-state index in [9.17, 15) is 4.39 Å². The molecule has 0 N–H and O–H groups in total. The summed E-state index contributed by atoms with van der Waals surface area (Å²) in [6, 6.07) is 15.4. The van der Waals surface area contributed by atoms with Crippen molar-refractivity contribution in [3.05, 3.63) is 66.2 Å². The molecule has 1 aromatic heterocycles. The molecule has 25 heavy (non-hydrogen) atoms. The molecule has 1 aliphatic heterocycles. The summed E-state index contributed by atoms with van der Waals surface area (Å²) in [6.07, 6.45) is 3.21. The molecule has 0 bridgehead atoms. The van der Waals surface area contributed by atoms with Crippen molar-refractivity contribution in [3.8, 4) is 0 Å². The molecular formula is C21H22FN3. The maximum absolute atomic E-state index is 13.1. The van der Waals surface area contributed by atoms with Gasteiger partial charge in [-0.15, -0.1) is 0 Å². The van der Waals surface area contributed by atoms with E-state index in [2.05, 4.69) is 32.7 Å². The average molecular weight is 335 g/mol. The number of nitrogens with zero attached hydrogens (tertiary/aromatic N) is 3. The van der Waals surface area contributed by atoms with Crippen LogP contribution in [0.1, 0.15) is 17.9 Å². The van der Waals surface area contributed by atoms with Gasteiger partial charge in [0, 0.05) is 26.2 Å². The van der Waals surface area contributed by atoms with Crippen LogP contribution in [-0.4, -0.2) is 34.1 Å². The Bertz CT molecular complexity index is 886. The number of fused-ring (bicyclic) bond motifs is 2. The van der Waals surface area contributed by atoms with Gasteiger partial charge in [-0.05, 0) is 54.0 Å². The zero-order valence-corrected chi connectivity index (χ0v) is 14.2. The predicted octanol–water partition coefficient (Wildman–Crippen LogP) is 3.91. The standard InChI is InChI=1S/C21H22FN3/c22-17-7-5-15(6-8-17)18-11-16-12-24(13-19(16)18)9-10-25-14-23-20-3-1-2-4-21(20)25/h1-8,14,16,18-19H,9-13H2. The normalized spacial score (nSPS) is 25.9. The van der Waals surface area contributed by atoms with Crippen molar-refractivity contribution in [1.82, 2.24) is 14.5 Å². The van der Waals surface area contributed by atoms with Crippen LogP contribution in [0, 0.1) is 17.7 Å². The molecule has 3 unspecified atom stereocenters. The highest BCUT2D eigenvalue weighted by molar-refractivity contribution is 5.74. The number of benzene rings is 2. The quantitative estimate of drug-likeness (QED) is 0.721. The largest absolute Gasteiger partial charge is 0.329 e. The minimum atomic E-state index is -0.139. The van der Waals surface area contributed by atoms with Crippen molar-refractivity contribution in [2.24, 2.45) is 11.8 Å². The summed E-state index contributed by atoms with van der Waals surface area (Å²) >= 11 is 0. The first-order valence-electron chi connectivity index (χ1n) is 9.15. The van der Waals surface area contributed by atoms with Gasteiger partial charge in [0.1, 0.15) is 5.82 Å². The third-order valence-electron chi connectivity index (χ3n) is 6.12. The fourth-order valence-electron chi connectivity index (χ4n) is 4.71. The van der Waals surface area contributed by atoms with Crippen molar-refractivity contribution in [1.29, 1.82) is 0 Å². The van der Waals surface area contributed by atoms with Crippen LogP contribution >= 0.6 is 0 Å². The number of halogens is 1. The van der Waals surface area contributed by atoms with Crippen LogP contribution in [-0.2, 0) is 6.54 Å². The number of aromatic nitrogens is 2. The topological polar surface area (TPSA) is 21.1 Å². The second-order valence-electron chi connectivity index (χ2n) is 7.50. The van der Waals surface area contributed by atoms with Crippen LogP contribution in [0.25, 0.3) is 11.0 Å². The highest BCUT2D eigenvalue weighted by Crippen LogP contribution is 2.51. The van der Waals surface area contributed by atoms with Crippen molar-refractivity contribution in [3.63, 3.8) is 0 Å². The lowest BCUT2D eigenvalue weighted by molar-refractivity contribution is 0.191. The lowest BCUT2D eigenvalue weighted by atomic mass is 9.64. The van der Waals surface area contributed by atoms with Gasteiger partial charge in [0.2, 0.25) is 0 Å². The second-order valence-corrected chi connectivity index (χ2v) is 7.50. The summed E-state index contributed by atoms with van der Waals surface area (Å²) < 4.78 is 15.4. The maximum Gasteiger partial charge on any atom is 0.123 e. The summed E-state index contributed by atoms with van der Waals surface area (Å²) in [7, 11) is 0. The van der Waals surface area contributed by atoms with Crippen LogP contribution in [0.2, 0.25) is 0 Å². The Morgan fingerprint density at radius 2 is 1.84 bits per heavy atom. The van der Waals surface area contributed by atoms with Crippen molar-refractivity contribution in [2.45, 2.75) is 18.9 Å². The molecule has 0 amide bonds. The van der Waals surface area contributed by atoms with Crippen molar-refractivity contribution < 1.29 is 4.39 Å². The smallest absolute Gasteiger partial charge is 0.123 e. The third kappa shape index (κ3) is 2.65. The SMILES string of the molecule is Fc1ccc(C2CC3CN(CCn4cnc5ccccc54)CC32)cc1. The zero-order chi connectivity index (χ0) is 16.8. The lowest BCUT2D eigenvalue weighted by Crippen LogP contribution is -2.33. The molecule has 1 saturated heterocycles. The number of likely N-dealkylation sites (tertiary alicyclic amines) is 1. The average Bonchev–Trinajstić information content (AvgIpc) is 3.17. The predicted molar refractivity (Wildman–Crippen MR) is 96.9 cm³/mol. The number of hydrogen-bond acceptors (Lipinski definition) is 2. The Kier molecular flexibility index (Phi) is 3.59. The van der Waals surface area contributed by atoms with Gasteiger partial charge >= 0.3 is 0 Å². The molecule has 4 heteroatoms. The van der Waals surface area contributed by atoms with Gasteiger partial charge in [-0.2, -0.15) is 0 Å². The number of imidazole rings is 1. The second kappa shape index (κ2) is 5.95. The first-order chi connectivity index (χ1) is 12.3. The molecular weight excluding hydrogens is 313 g/mol. The Hall–Kier alpha value is -2.20. The van der Waals surface area contributed by atoms with Crippen LogP contribution in [0.4, 0.5) is 4.39 Å². The number of rotatable bonds is 4. The molecule has 0 radical (unpaired) electrons. The molecule has 128 valence electrons. The maximum atomic E-state index is 13.1. The first kappa shape index (κ1) is 15.1. The monoisotopic (exact) mass is 335 g/mol. The van der Waals surface area contributed by atoms with Crippen LogP contribution in [0.3, 0.4) is 0 Å². The van der Waals surface area contributed by atoms with E-state index in [4.69, 9.17) is 0 Å². The van der Waals surface area contributed by atoms with Crippen LogP contribution in [0.5, 0.6) is 0 Å². The highest BCUT2D eigenvalue weighted by Gasteiger charge is 2.47. The van der Waals surface area contributed by atoms with Gasteiger partial charge in [0.05, 0.1) is 17.4 Å². The third-order valence-corrected chi connectivity index (χ3v) is 6.12. The molecule has 2 aromatic carbocycles. The summed E-state index contributed by atoms with van der Waals surface area (Å²) in [5.74, 6) is 2.03. The fraction of sp³-hybridized carbons (Fsp3) is 0.381. The Morgan fingerprint density at radius 3 is 2.72 bits per heavy atom. The molecule has 3 aromatic rings. The highest BCUT2D eigenvalue weighted by atomic mass is 19.1.